The highest BCUT2D eigenvalue weighted by Crippen LogP contribution is 2.27. The van der Waals surface area contributed by atoms with Crippen molar-refractivity contribution >= 4 is 0 Å². The van der Waals surface area contributed by atoms with Gasteiger partial charge in [0.2, 0.25) is 0 Å². The Labute approximate surface area is 127 Å². The van der Waals surface area contributed by atoms with E-state index in [1.807, 2.05) is 18.2 Å². The van der Waals surface area contributed by atoms with E-state index in [4.69, 9.17) is 9.15 Å². The lowest BCUT2D eigenvalue weighted by molar-refractivity contribution is 0.297. The minimum Gasteiger partial charge on any atom is -0.488 e. The van der Waals surface area contributed by atoms with Crippen LogP contribution in [-0.4, -0.2) is 6.54 Å². The molecule has 0 saturated heterocycles. The van der Waals surface area contributed by atoms with E-state index in [1.165, 1.54) is 5.56 Å². The zero-order valence-electron chi connectivity index (χ0n) is 13.2. The summed E-state index contributed by atoms with van der Waals surface area (Å²) in [6, 6.07) is 10.2. The van der Waals surface area contributed by atoms with Crippen LogP contribution < -0.4 is 10.1 Å². The molecular weight excluding hydrogens is 262 g/mol. The average molecular weight is 287 g/mol. The van der Waals surface area contributed by atoms with Crippen LogP contribution in [0.2, 0.25) is 0 Å². The second-order valence-electron chi connectivity index (χ2n) is 5.53. The highest BCUT2D eigenvalue weighted by molar-refractivity contribution is 5.35. The molecule has 0 unspecified atom stereocenters. The minimum atomic E-state index is 0.455. The fraction of sp³-hybridized carbons (Fsp3) is 0.444. The average Bonchev–Trinajstić information content (AvgIpc) is 2.93. The Bertz CT molecular complexity index is 546. The highest BCUT2D eigenvalue weighted by atomic mass is 16.5. The van der Waals surface area contributed by atoms with Gasteiger partial charge in [-0.05, 0) is 36.6 Å². The van der Waals surface area contributed by atoms with Gasteiger partial charge in [0.25, 0.3) is 0 Å². The van der Waals surface area contributed by atoms with Gasteiger partial charge in [0.1, 0.15) is 18.1 Å². The molecule has 1 heterocycles. The van der Waals surface area contributed by atoms with Gasteiger partial charge in [0.15, 0.2) is 0 Å². The van der Waals surface area contributed by atoms with E-state index in [9.17, 15) is 0 Å². The third-order valence-electron chi connectivity index (χ3n) is 3.47. The third-order valence-corrected chi connectivity index (χ3v) is 3.47. The Morgan fingerprint density at radius 2 is 2.00 bits per heavy atom. The maximum Gasteiger partial charge on any atom is 0.124 e. The smallest absolute Gasteiger partial charge is 0.124 e. The summed E-state index contributed by atoms with van der Waals surface area (Å²) in [6.07, 6.45) is 2.85. The quantitative estimate of drug-likeness (QED) is 0.727. The number of para-hydroxylation sites is 1. The van der Waals surface area contributed by atoms with Crippen molar-refractivity contribution < 1.29 is 9.15 Å². The molecule has 0 saturated carbocycles. The summed E-state index contributed by atoms with van der Waals surface area (Å²) in [6.45, 7) is 8.81. The van der Waals surface area contributed by atoms with Gasteiger partial charge in [-0.3, -0.25) is 0 Å². The van der Waals surface area contributed by atoms with E-state index in [-0.39, 0.29) is 0 Å². The van der Waals surface area contributed by atoms with Crippen molar-refractivity contribution in [3.8, 4) is 5.75 Å². The van der Waals surface area contributed by atoms with E-state index in [1.54, 1.807) is 6.26 Å². The summed E-state index contributed by atoms with van der Waals surface area (Å²) in [5, 5.41) is 3.36. The number of hydrogen-bond donors (Lipinski definition) is 1. The molecule has 0 aliphatic rings. The van der Waals surface area contributed by atoms with Crippen LogP contribution in [0.25, 0.3) is 0 Å². The molecule has 2 rings (SSSR count). The summed E-state index contributed by atoms with van der Waals surface area (Å²) >= 11 is 0. The van der Waals surface area contributed by atoms with E-state index in [0.29, 0.717) is 12.5 Å². The standard InChI is InChI=1S/C18H25NO2/c1-4-10-19-12-18-15(9-11-20-18)13-21-17-8-6-5-7-16(17)14(2)3/h5-9,11,14,19H,4,10,12-13H2,1-3H3. The lowest BCUT2D eigenvalue weighted by Gasteiger charge is -2.13. The number of hydrogen-bond acceptors (Lipinski definition) is 3. The van der Waals surface area contributed by atoms with Gasteiger partial charge in [-0.25, -0.2) is 0 Å². The van der Waals surface area contributed by atoms with Crippen LogP contribution in [0.1, 0.15) is 50.0 Å². The van der Waals surface area contributed by atoms with Crippen LogP contribution in [0.3, 0.4) is 0 Å². The van der Waals surface area contributed by atoms with Crippen LogP contribution in [-0.2, 0) is 13.2 Å². The molecule has 0 radical (unpaired) electrons. The van der Waals surface area contributed by atoms with Crippen molar-refractivity contribution in [1.82, 2.24) is 5.32 Å². The fourth-order valence-electron chi connectivity index (χ4n) is 2.27. The predicted molar refractivity (Wildman–Crippen MR) is 85.6 cm³/mol. The molecule has 0 aliphatic heterocycles. The zero-order valence-corrected chi connectivity index (χ0v) is 13.2. The van der Waals surface area contributed by atoms with Crippen LogP contribution in [0.15, 0.2) is 41.0 Å². The second-order valence-corrected chi connectivity index (χ2v) is 5.53. The van der Waals surface area contributed by atoms with E-state index < -0.39 is 0 Å². The number of rotatable bonds is 8. The second kappa shape index (κ2) is 7.89. The van der Waals surface area contributed by atoms with Gasteiger partial charge in [-0.1, -0.05) is 39.0 Å². The molecule has 0 bridgehead atoms. The molecule has 0 atom stereocenters. The maximum absolute atomic E-state index is 6.00. The highest BCUT2D eigenvalue weighted by Gasteiger charge is 2.10. The van der Waals surface area contributed by atoms with Crippen molar-refractivity contribution in [2.24, 2.45) is 0 Å². The van der Waals surface area contributed by atoms with Crippen LogP contribution in [0.4, 0.5) is 0 Å². The molecule has 3 nitrogen and oxygen atoms in total. The molecule has 21 heavy (non-hydrogen) atoms. The SMILES string of the molecule is CCCNCc1occc1COc1ccccc1C(C)C. The Kier molecular flexibility index (Phi) is 5.88. The van der Waals surface area contributed by atoms with E-state index >= 15 is 0 Å². The Hall–Kier alpha value is -1.74. The Morgan fingerprint density at radius 3 is 2.76 bits per heavy atom. The third kappa shape index (κ3) is 4.36. The largest absolute Gasteiger partial charge is 0.488 e. The maximum atomic E-state index is 6.00. The van der Waals surface area contributed by atoms with Crippen molar-refractivity contribution in [1.29, 1.82) is 0 Å². The van der Waals surface area contributed by atoms with Crippen LogP contribution in [0, 0.1) is 0 Å². The molecule has 0 amide bonds. The molecule has 0 aliphatic carbocycles. The van der Waals surface area contributed by atoms with Crippen molar-refractivity contribution in [3.63, 3.8) is 0 Å². The van der Waals surface area contributed by atoms with Gasteiger partial charge in [0.05, 0.1) is 12.8 Å². The summed E-state index contributed by atoms with van der Waals surface area (Å²) in [5.74, 6) is 2.38. The normalized spacial score (nSPS) is 11.0. The number of benzene rings is 1. The van der Waals surface area contributed by atoms with Crippen LogP contribution >= 0.6 is 0 Å². The Morgan fingerprint density at radius 1 is 1.19 bits per heavy atom. The van der Waals surface area contributed by atoms with Gasteiger partial charge in [0, 0.05) is 5.56 Å². The zero-order chi connectivity index (χ0) is 15.1. The first-order valence-corrected chi connectivity index (χ1v) is 7.70. The molecule has 3 heteroatoms. The topological polar surface area (TPSA) is 34.4 Å². The van der Waals surface area contributed by atoms with Gasteiger partial charge >= 0.3 is 0 Å². The fourth-order valence-corrected chi connectivity index (χ4v) is 2.27. The monoisotopic (exact) mass is 287 g/mol. The lowest BCUT2D eigenvalue weighted by Crippen LogP contribution is -2.14. The summed E-state index contributed by atoms with van der Waals surface area (Å²) in [4.78, 5) is 0. The van der Waals surface area contributed by atoms with Crippen LogP contribution in [0.5, 0.6) is 5.75 Å². The molecule has 2 aromatic rings. The lowest BCUT2D eigenvalue weighted by atomic mass is 10.0. The Balaban J connectivity index is 1.99. The van der Waals surface area contributed by atoms with Gasteiger partial charge < -0.3 is 14.5 Å². The number of nitrogens with one attached hydrogen (secondary N) is 1. The van der Waals surface area contributed by atoms with Crippen molar-refractivity contribution in [2.45, 2.75) is 46.3 Å². The van der Waals surface area contributed by atoms with E-state index in [2.05, 4.69) is 38.2 Å². The molecule has 1 N–H and O–H groups in total. The first-order valence-electron chi connectivity index (χ1n) is 7.70. The minimum absolute atomic E-state index is 0.455. The number of furan rings is 1. The van der Waals surface area contributed by atoms with Crippen molar-refractivity contribution in [3.05, 3.63) is 53.5 Å². The molecular formula is C18H25NO2. The molecule has 0 fully saturated rings. The van der Waals surface area contributed by atoms with Gasteiger partial charge in [-0.15, -0.1) is 0 Å². The first-order chi connectivity index (χ1) is 10.2. The summed E-state index contributed by atoms with van der Waals surface area (Å²) in [5.41, 5.74) is 2.35. The predicted octanol–water partition coefficient (Wildman–Crippen LogP) is 4.48. The molecule has 1 aromatic heterocycles. The first kappa shape index (κ1) is 15.6. The molecule has 0 spiro atoms. The number of ether oxygens (including phenoxy) is 1. The molecule has 1 aromatic carbocycles. The molecule has 114 valence electrons. The summed E-state index contributed by atoms with van der Waals surface area (Å²) < 4.78 is 11.5. The van der Waals surface area contributed by atoms with Crippen molar-refractivity contribution in [2.75, 3.05) is 6.54 Å². The summed E-state index contributed by atoms with van der Waals surface area (Å²) in [7, 11) is 0. The van der Waals surface area contributed by atoms with E-state index in [0.717, 1.165) is 36.6 Å². The van der Waals surface area contributed by atoms with Gasteiger partial charge in [-0.2, -0.15) is 0 Å².